The van der Waals surface area contributed by atoms with Gasteiger partial charge in [0.25, 0.3) is 0 Å². The molecule has 2 aliphatic heterocycles. The van der Waals surface area contributed by atoms with E-state index in [-0.39, 0.29) is 43.1 Å². The van der Waals surface area contributed by atoms with Crippen LogP contribution >= 0.6 is 0 Å². The predicted molar refractivity (Wildman–Crippen MR) is 105 cm³/mol. The average Bonchev–Trinajstić information content (AvgIpc) is 2.98. The minimum atomic E-state index is -2.24. The van der Waals surface area contributed by atoms with Crippen LogP contribution in [0.3, 0.4) is 0 Å². The van der Waals surface area contributed by atoms with E-state index in [0.717, 1.165) is 0 Å². The highest BCUT2D eigenvalue weighted by Crippen LogP contribution is 2.49. The zero-order valence-corrected chi connectivity index (χ0v) is 17.7. The lowest BCUT2D eigenvalue weighted by molar-refractivity contribution is -0.266. The Morgan fingerprint density at radius 1 is 1.19 bits per heavy atom. The number of aromatic hydroxyl groups is 1. The Balaban J connectivity index is 1.54. The first-order valence-electron chi connectivity index (χ1n) is 10.5. The number of ether oxygens (including phenoxy) is 4. The number of esters is 2. The monoisotopic (exact) mass is 450 g/mol. The summed E-state index contributed by atoms with van der Waals surface area (Å²) in [5.41, 5.74) is -2.02. The number of fused-ring (bicyclic) bond motifs is 1. The molecule has 1 aliphatic carbocycles. The molecule has 2 saturated heterocycles. The molecule has 0 radical (unpaired) electrons. The van der Waals surface area contributed by atoms with Gasteiger partial charge in [0.15, 0.2) is 5.60 Å². The normalized spacial score (nSPS) is 38.9. The van der Waals surface area contributed by atoms with E-state index in [1.807, 2.05) is 0 Å². The highest BCUT2D eigenvalue weighted by Gasteiger charge is 2.70. The third-order valence-electron chi connectivity index (χ3n) is 6.63. The smallest absolute Gasteiger partial charge is 0.338 e. The van der Waals surface area contributed by atoms with Crippen LogP contribution in [0.5, 0.6) is 5.75 Å². The van der Waals surface area contributed by atoms with Gasteiger partial charge in [0, 0.05) is 12.3 Å². The van der Waals surface area contributed by atoms with Crippen LogP contribution in [0.1, 0.15) is 36.5 Å². The Labute approximate surface area is 184 Å². The average molecular weight is 450 g/mol. The Morgan fingerprint density at radius 3 is 2.53 bits per heavy atom. The van der Waals surface area contributed by atoms with Gasteiger partial charge < -0.3 is 34.3 Å². The van der Waals surface area contributed by atoms with Crippen LogP contribution in [0.25, 0.3) is 0 Å². The van der Waals surface area contributed by atoms with E-state index in [1.54, 1.807) is 6.92 Å². The Morgan fingerprint density at radius 2 is 1.88 bits per heavy atom. The topological polar surface area (TPSA) is 149 Å². The first-order valence-corrected chi connectivity index (χ1v) is 10.5. The third-order valence-corrected chi connectivity index (χ3v) is 6.63. The number of ketones is 1. The summed E-state index contributed by atoms with van der Waals surface area (Å²) in [6.07, 6.45) is -3.84. The van der Waals surface area contributed by atoms with Crippen molar-refractivity contribution in [2.45, 2.75) is 55.9 Å². The molecule has 32 heavy (non-hydrogen) atoms. The van der Waals surface area contributed by atoms with Gasteiger partial charge in [-0.2, -0.15) is 0 Å². The number of carbonyl (C=O) groups is 3. The molecule has 3 aliphatic rings. The van der Waals surface area contributed by atoms with E-state index in [2.05, 4.69) is 0 Å². The second kappa shape index (κ2) is 8.11. The minimum absolute atomic E-state index is 0.00422. The van der Waals surface area contributed by atoms with Gasteiger partial charge in [-0.3, -0.25) is 9.59 Å². The van der Waals surface area contributed by atoms with Gasteiger partial charge in [-0.05, 0) is 37.1 Å². The highest BCUT2D eigenvalue weighted by atomic mass is 16.7. The van der Waals surface area contributed by atoms with Crippen molar-refractivity contribution in [1.82, 2.24) is 0 Å². The maximum atomic E-state index is 13.3. The summed E-state index contributed by atoms with van der Waals surface area (Å²) in [5.74, 6) is -4.98. The van der Waals surface area contributed by atoms with E-state index in [9.17, 15) is 29.7 Å². The first kappa shape index (κ1) is 22.7. The second-order valence-electron chi connectivity index (χ2n) is 8.70. The molecule has 1 aromatic carbocycles. The molecule has 2 heterocycles. The summed E-state index contributed by atoms with van der Waals surface area (Å²) >= 11 is 0. The number of phenolic OH excluding ortho intramolecular Hbond substituents is 1. The molecule has 0 bridgehead atoms. The van der Waals surface area contributed by atoms with Crippen LogP contribution < -0.4 is 0 Å². The molecule has 7 atom stereocenters. The molecule has 174 valence electrons. The Hall–Kier alpha value is -2.53. The third kappa shape index (κ3) is 3.57. The van der Waals surface area contributed by atoms with Gasteiger partial charge in [0.1, 0.15) is 18.0 Å². The maximum Gasteiger partial charge on any atom is 0.338 e. The van der Waals surface area contributed by atoms with Crippen LogP contribution in [0, 0.1) is 11.8 Å². The quantitative estimate of drug-likeness (QED) is 0.549. The molecule has 0 unspecified atom stereocenters. The standard InChI is InChI=1S/C22H26O10/c1-11-10-30-21(9-15(11)31-19(26)12-3-5-14(23)6-4-12)20(27)22(28)16(24)7-13(18(25)29-2)8-17(22)32-21/h3-6,11,13,15-17,23-24,28H,7-10H2,1-2H3/t11-,13+,15+,16+,17-,21+,22-/m1/s1. The molecule has 0 amide bonds. The molecule has 1 saturated carbocycles. The van der Waals surface area contributed by atoms with Crippen LogP contribution in [0.15, 0.2) is 24.3 Å². The molecular formula is C22H26O10. The molecule has 10 heteroatoms. The van der Waals surface area contributed by atoms with Crippen LogP contribution in [0.4, 0.5) is 0 Å². The van der Waals surface area contributed by atoms with Crippen LogP contribution in [0.2, 0.25) is 0 Å². The summed E-state index contributed by atoms with van der Waals surface area (Å²) in [7, 11) is 1.22. The molecule has 0 aromatic heterocycles. The Bertz CT molecular complexity index is 914. The number of hydrogen-bond acceptors (Lipinski definition) is 10. The number of carbonyl (C=O) groups excluding carboxylic acids is 3. The van der Waals surface area contributed by atoms with E-state index < -0.39 is 53.3 Å². The maximum absolute atomic E-state index is 13.3. The van der Waals surface area contributed by atoms with Gasteiger partial charge in [0.05, 0.1) is 31.3 Å². The lowest BCUT2D eigenvalue weighted by Crippen LogP contribution is -2.61. The fourth-order valence-corrected chi connectivity index (χ4v) is 4.68. The summed E-state index contributed by atoms with van der Waals surface area (Å²) in [5, 5.41) is 31.0. The molecule has 3 fully saturated rings. The van der Waals surface area contributed by atoms with Crippen molar-refractivity contribution in [1.29, 1.82) is 0 Å². The van der Waals surface area contributed by atoms with Crippen LogP contribution in [-0.4, -0.2) is 76.5 Å². The fourth-order valence-electron chi connectivity index (χ4n) is 4.68. The number of phenols is 1. The van der Waals surface area contributed by atoms with E-state index >= 15 is 0 Å². The SMILES string of the molecule is COC(=O)[C@H]1C[C@H](O)[C@]2(O)C(=O)[C@]3(C[C@H](OC(=O)c4ccc(O)cc4)[C@H](C)CO3)O[C@@H]2C1. The number of aliphatic hydroxyl groups excluding tert-OH is 1. The van der Waals surface area contributed by atoms with Crippen molar-refractivity contribution >= 4 is 17.7 Å². The number of methoxy groups -OCH3 is 1. The minimum Gasteiger partial charge on any atom is -0.508 e. The molecule has 4 rings (SSSR count). The second-order valence-corrected chi connectivity index (χ2v) is 8.70. The van der Waals surface area contributed by atoms with Crippen molar-refractivity contribution in [2.24, 2.45) is 11.8 Å². The number of benzene rings is 1. The van der Waals surface area contributed by atoms with Gasteiger partial charge in [-0.1, -0.05) is 6.92 Å². The largest absolute Gasteiger partial charge is 0.508 e. The molecule has 3 N–H and O–H groups in total. The number of rotatable bonds is 3. The predicted octanol–water partition coefficient (Wildman–Crippen LogP) is 0.313. The lowest BCUT2D eigenvalue weighted by Gasteiger charge is -2.39. The summed E-state index contributed by atoms with van der Waals surface area (Å²) in [6.45, 7) is 1.80. The van der Waals surface area contributed by atoms with Gasteiger partial charge in [-0.25, -0.2) is 4.79 Å². The zero-order chi connectivity index (χ0) is 23.3. The molecule has 1 spiro atoms. The molecule has 10 nitrogen and oxygen atoms in total. The highest BCUT2D eigenvalue weighted by molar-refractivity contribution is 5.97. The van der Waals surface area contributed by atoms with E-state index in [4.69, 9.17) is 18.9 Å². The molecular weight excluding hydrogens is 424 g/mol. The summed E-state index contributed by atoms with van der Waals surface area (Å²) in [4.78, 5) is 37.8. The lowest BCUT2D eigenvalue weighted by atomic mass is 9.72. The fraction of sp³-hybridized carbons (Fsp3) is 0.591. The van der Waals surface area contributed by atoms with Crippen molar-refractivity contribution in [3.63, 3.8) is 0 Å². The van der Waals surface area contributed by atoms with Crippen molar-refractivity contribution in [3.05, 3.63) is 29.8 Å². The Kier molecular flexibility index (Phi) is 5.74. The summed E-state index contributed by atoms with van der Waals surface area (Å²) < 4.78 is 21.9. The number of aliphatic hydroxyl groups is 2. The van der Waals surface area contributed by atoms with Gasteiger partial charge in [0.2, 0.25) is 11.6 Å². The summed E-state index contributed by atoms with van der Waals surface area (Å²) in [6, 6.07) is 5.54. The van der Waals surface area contributed by atoms with E-state index in [0.29, 0.717) is 0 Å². The first-order chi connectivity index (χ1) is 15.1. The van der Waals surface area contributed by atoms with Crippen molar-refractivity contribution in [3.8, 4) is 5.75 Å². The van der Waals surface area contributed by atoms with E-state index in [1.165, 1.54) is 31.4 Å². The van der Waals surface area contributed by atoms with Crippen LogP contribution in [-0.2, 0) is 28.5 Å². The number of hydrogen-bond donors (Lipinski definition) is 3. The van der Waals surface area contributed by atoms with Crippen molar-refractivity contribution < 1.29 is 48.7 Å². The number of Topliss-reactive ketones (excluding diaryl/α,β-unsaturated/α-hetero) is 1. The van der Waals surface area contributed by atoms with Gasteiger partial charge >= 0.3 is 11.9 Å². The van der Waals surface area contributed by atoms with Gasteiger partial charge in [-0.15, -0.1) is 0 Å². The molecule has 1 aromatic rings. The zero-order valence-electron chi connectivity index (χ0n) is 17.7. The van der Waals surface area contributed by atoms with Crippen molar-refractivity contribution in [2.75, 3.05) is 13.7 Å².